The number of carbonyl (C=O) groups is 2. The summed E-state index contributed by atoms with van der Waals surface area (Å²) in [5.41, 5.74) is 0.911. The maximum atomic E-state index is 12.2. The summed E-state index contributed by atoms with van der Waals surface area (Å²) in [6.45, 7) is 0.959. The number of nitrogens with one attached hydrogen (secondary N) is 1. The van der Waals surface area contributed by atoms with Gasteiger partial charge < -0.3 is 5.32 Å². The topological polar surface area (TPSA) is 118 Å². The van der Waals surface area contributed by atoms with Crippen LogP contribution in [-0.2, 0) is 24.7 Å². The highest BCUT2D eigenvalue weighted by Gasteiger charge is 2.37. The number of benzene rings is 1. The maximum absolute atomic E-state index is 12.2. The van der Waals surface area contributed by atoms with Crippen molar-refractivity contribution in [2.24, 2.45) is 0 Å². The van der Waals surface area contributed by atoms with Crippen LogP contribution in [0.25, 0.3) is 0 Å². The Kier molecular flexibility index (Phi) is 5.65. The molecule has 1 aliphatic rings. The zero-order valence-electron chi connectivity index (χ0n) is 13.9. The molecule has 1 aromatic rings. The van der Waals surface area contributed by atoms with E-state index in [2.05, 4.69) is 5.32 Å². The molecule has 1 unspecified atom stereocenters. The van der Waals surface area contributed by atoms with Crippen LogP contribution in [0.1, 0.15) is 23.7 Å². The minimum atomic E-state index is -3.74. The summed E-state index contributed by atoms with van der Waals surface area (Å²) >= 11 is 0. The molecule has 1 atom stereocenters. The Morgan fingerprint density at radius 1 is 1.24 bits per heavy atom. The lowest BCUT2D eigenvalue weighted by Gasteiger charge is -2.24. The molecule has 0 spiro atoms. The Morgan fingerprint density at radius 2 is 1.84 bits per heavy atom. The molecule has 1 fully saturated rings. The number of nitrogens with zero attached hydrogens (tertiary/aromatic N) is 1. The van der Waals surface area contributed by atoms with Gasteiger partial charge in [-0.15, -0.1) is 0 Å². The first-order valence-electron chi connectivity index (χ1n) is 7.56. The van der Waals surface area contributed by atoms with E-state index < -0.39 is 38.4 Å². The van der Waals surface area contributed by atoms with Gasteiger partial charge in [0.1, 0.15) is 0 Å². The average Bonchev–Trinajstić information content (AvgIpc) is 2.84. The first-order valence-corrected chi connectivity index (χ1v) is 11.2. The Hall–Kier alpha value is -1.78. The van der Waals surface area contributed by atoms with E-state index in [1.54, 1.807) is 24.3 Å². The van der Waals surface area contributed by atoms with Gasteiger partial charge in [0.15, 0.2) is 15.6 Å². The molecule has 10 heteroatoms. The van der Waals surface area contributed by atoms with E-state index in [-0.39, 0.29) is 23.7 Å². The Labute approximate surface area is 147 Å². The summed E-state index contributed by atoms with van der Waals surface area (Å²) in [6, 6.07) is 5.45. The minimum Gasteiger partial charge on any atom is -0.325 e. The molecule has 25 heavy (non-hydrogen) atoms. The molecule has 0 aromatic heterocycles. The minimum absolute atomic E-state index is 0.0855. The Morgan fingerprint density at radius 3 is 2.28 bits per heavy atom. The third-order valence-corrected chi connectivity index (χ3v) is 6.95. The smallest absolute Gasteiger partial charge is 0.239 e. The zero-order chi connectivity index (χ0) is 18.8. The van der Waals surface area contributed by atoms with Crippen LogP contribution in [0.4, 0.5) is 5.69 Å². The van der Waals surface area contributed by atoms with Crippen molar-refractivity contribution in [3.63, 3.8) is 0 Å². The number of carbonyl (C=O) groups excluding carboxylic acids is 2. The van der Waals surface area contributed by atoms with Crippen LogP contribution in [0, 0.1) is 0 Å². The molecule has 0 aliphatic carbocycles. The summed E-state index contributed by atoms with van der Waals surface area (Å²) in [4.78, 5) is 23.4. The molecule has 8 nitrogen and oxygen atoms in total. The molecule has 1 amide bonds. The first kappa shape index (κ1) is 19.5. The van der Waals surface area contributed by atoms with Gasteiger partial charge in [0, 0.05) is 17.3 Å². The number of Topliss-reactive ketones (excluding diaryl/α,β-unsaturated/α-hetero) is 1. The van der Waals surface area contributed by atoms with Crippen molar-refractivity contribution in [2.75, 3.05) is 29.6 Å². The van der Waals surface area contributed by atoms with Crippen LogP contribution in [0.2, 0.25) is 0 Å². The normalized spacial score (nSPS) is 19.7. The lowest BCUT2D eigenvalue weighted by molar-refractivity contribution is -0.116. The molecule has 0 bridgehead atoms. The Bertz CT molecular complexity index is 875. The van der Waals surface area contributed by atoms with E-state index in [0.717, 1.165) is 10.6 Å². The fraction of sp³-hybridized carbons (Fsp3) is 0.467. The molecule has 1 N–H and O–H groups in total. The van der Waals surface area contributed by atoms with Gasteiger partial charge in [-0.2, -0.15) is 4.31 Å². The molecule has 1 saturated heterocycles. The predicted molar refractivity (Wildman–Crippen MR) is 93.7 cm³/mol. The quantitative estimate of drug-likeness (QED) is 0.699. The highest BCUT2D eigenvalue weighted by Crippen LogP contribution is 2.20. The van der Waals surface area contributed by atoms with Crippen LogP contribution in [0.5, 0.6) is 0 Å². The molecular weight excluding hydrogens is 368 g/mol. The van der Waals surface area contributed by atoms with Gasteiger partial charge in [-0.1, -0.05) is 0 Å². The van der Waals surface area contributed by atoms with Crippen molar-refractivity contribution in [2.45, 2.75) is 19.4 Å². The highest BCUT2D eigenvalue weighted by atomic mass is 32.2. The van der Waals surface area contributed by atoms with Gasteiger partial charge in [0.2, 0.25) is 15.9 Å². The van der Waals surface area contributed by atoms with Crippen molar-refractivity contribution in [3.8, 4) is 0 Å². The molecule has 2 rings (SSSR count). The van der Waals surface area contributed by atoms with Crippen molar-refractivity contribution in [1.82, 2.24) is 4.31 Å². The second-order valence-electron chi connectivity index (χ2n) is 6.05. The standard InChI is InChI=1S/C15H20N2O6S2/c1-11(18)12-3-5-13(6-4-12)16-15(19)9-17(24(2,20)21)14-7-8-25(22,23)10-14/h3-6,14H,7-10H2,1-2H3,(H,16,19). The zero-order valence-corrected chi connectivity index (χ0v) is 15.6. The fourth-order valence-corrected chi connectivity index (χ4v) is 5.55. The number of amides is 1. The molecule has 1 aliphatic heterocycles. The van der Waals surface area contributed by atoms with E-state index in [1.807, 2.05) is 0 Å². The van der Waals surface area contributed by atoms with E-state index in [1.165, 1.54) is 6.92 Å². The summed E-state index contributed by atoms with van der Waals surface area (Å²) in [6.07, 6.45) is 1.13. The number of hydrogen-bond donors (Lipinski definition) is 1. The summed E-state index contributed by atoms with van der Waals surface area (Å²) < 4.78 is 48.0. The van der Waals surface area contributed by atoms with Crippen LogP contribution in [0.3, 0.4) is 0 Å². The lowest BCUT2D eigenvalue weighted by Crippen LogP contribution is -2.44. The number of rotatable bonds is 6. The van der Waals surface area contributed by atoms with E-state index in [9.17, 15) is 26.4 Å². The second kappa shape index (κ2) is 7.22. The number of anilines is 1. The SMILES string of the molecule is CC(=O)c1ccc(NC(=O)CN(C2CCS(=O)(=O)C2)S(C)(=O)=O)cc1. The molecular formula is C15H20N2O6S2. The predicted octanol–water partition coefficient (Wildman–Crippen LogP) is 0.276. The van der Waals surface area contributed by atoms with Crippen LogP contribution in [-0.4, -0.2) is 63.2 Å². The van der Waals surface area contributed by atoms with Crippen molar-refractivity contribution >= 4 is 37.2 Å². The highest BCUT2D eigenvalue weighted by molar-refractivity contribution is 7.92. The van der Waals surface area contributed by atoms with Gasteiger partial charge in [-0.25, -0.2) is 16.8 Å². The van der Waals surface area contributed by atoms with Crippen LogP contribution in [0.15, 0.2) is 24.3 Å². The summed E-state index contributed by atoms with van der Waals surface area (Å²) in [7, 11) is -7.02. The number of hydrogen-bond acceptors (Lipinski definition) is 6. The van der Waals surface area contributed by atoms with Gasteiger partial charge in [-0.05, 0) is 37.6 Å². The third-order valence-electron chi connectivity index (χ3n) is 3.92. The Balaban J connectivity index is 2.08. The van der Waals surface area contributed by atoms with Crippen LogP contribution >= 0.6 is 0 Å². The van der Waals surface area contributed by atoms with E-state index in [0.29, 0.717) is 11.3 Å². The van der Waals surface area contributed by atoms with E-state index >= 15 is 0 Å². The van der Waals surface area contributed by atoms with Gasteiger partial charge in [0.05, 0.1) is 24.3 Å². The largest absolute Gasteiger partial charge is 0.325 e. The molecule has 1 heterocycles. The molecule has 138 valence electrons. The lowest BCUT2D eigenvalue weighted by atomic mass is 10.1. The summed E-state index contributed by atoms with van der Waals surface area (Å²) in [5, 5.41) is 2.55. The second-order valence-corrected chi connectivity index (χ2v) is 10.2. The van der Waals surface area contributed by atoms with Gasteiger partial charge in [-0.3, -0.25) is 9.59 Å². The molecule has 1 aromatic carbocycles. The van der Waals surface area contributed by atoms with Gasteiger partial charge >= 0.3 is 0 Å². The average molecular weight is 388 g/mol. The number of sulfonamides is 1. The fourth-order valence-electron chi connectivity index (χ4n) is 2.65. The van der Waals surface area contributed by atoms with Crippen molar-refractivity contribution in [1.29, 1.82) is 0 Å². The monoisotopic (exact) mass is 388 g/mol. The van der Waals surface area contributed by atoms with Crippen molar-refractivity contribution in [3.05, 3.63) is 29.8 Å². The maximum Gasteiger partial charge on any atom is 0.239 e. The third kappa shape index (κ3) is 5.35. The molecule has 0 radical (unpaired) electrons. The molecule has 0 saturated carbocycles. The number of sulfone groups is 1. The van der Waals surface area contributed by atoms with E-state index in [4.69, 9.17) is 0 Å². The summed E-state index contributed by atoms with van der Waals surface area (Å²) in [5.74, 6) is -1.05. The number of ketones is 1. The first-order chi connectivity index (χ1) is 11.5. The van der Waals surface area contributed by atoms with Gasteiger partial charge in [0.25, 0.3) is 0 Å². The van der Waals surface area contributed by atoms with Crippen LogP contribution < -0.4 is 5.32 Å². The van der Waals surface area contributed by atoms with Crippen molar-refractivity contribution < 1.29 is 26.4 Å².